The molecule has 0 aromatic carbocycles. The summed E-state index contributed by atoms with van der Waals surface area (Å²) in [5.41, 5.74) is 0. The number of unbranched alkanes of at least 4 members (excludes halogenated alkanes) is 1. The van der Waals surface area contributed by atoms with Crippen LogP contribution in [-0.4, -0.2) is 29.8 Å². The van der Waals surface area contributed by atoms with Crippen LogP contribution in [0.25, 0.3) is 0 Å². The molecular formula is C8H21O5P. The average molecular weight is 228 g/mol. The van der Waals surface area contributed by atoms with Gasteiger partial charge >= 0.3 is 7.82 Å². The smallest absolute Gasteiger partial charge is 0.396 e. The van der Waals surface area contributed by atoms with E-state index in [0.29, 0.717) is 6.61 Å². The molecule has 0 heterocycles. The van der Waals surface area contributed by atoms with E-state index < -0.39 is 7.82 Å². The molecule has 0 saturated heterocycles. The van der Waals surface area contributed by atoms with Crippen molar-refractivity contribution in [1.29, 1.82) is 0 Å². The third-order valence-corrected chi connectivity index (χ3v) is 2.27. The summed E-state index contributed by atoms with van der Waals surface area (Å²) in [7, 11) is -3.69. The molecule has 0 aromatic rings. The zero-order valence-electron chi connectivity index (χ0n) is 9.10. The minimum absolute atomic E-state index is 0.188. The topological polar surface area (TPSA) is 76.0 Å². The van der Waals surface area contributed by atoms with Gasteiger partial charge in [0.25, 0.3) is 0 Å². The Morgan fingerprint density at radius 2 is 1.57 bits per heavy atom. The monoisotopic (exact) mass is 228 g/mol. The highest BCUT2D eigenvalue weighted by atomic mass is 31.2. The maximum absolute atomic E-state index is 10.5. The molecule has 0 aliphatic heterocycles. The highest BCUT2D eigenvalue weighted by molar-refractivity contribution is 7.47. The van der Waals surface area contributed by atoms with Crippen molar-refractivity contribution in [3.05, 3.63) is 0 Å². The lowest BCUT2D eigenvalue weighted by molar-refractivity contribution is 0.161. The second kappa shape index (κ2) is 11.1. The molecule has 0 bridgehead atoms. The lowest BCUT2D eigenvalue weighted by Gasteiger charge is -2.07. The van der Waals surface area contributed by atoms with E-state index >= 15 is 0 Å². The van der Waals surface area contributed by atoms with Crippen LogP contribution >= 0.6 is 7.82 Å². The molecule has 0 aliphatic rings. The van der Waals surface area contributed by atoms with Crippen molar-refractivity contribution in [3.8, 4) is 0 Å². The largest absolute Gasteiger partial charge is 0.472 e. The molecule has 0 saturated carbocycles. The Kier molecular flexibility index (Phi) is 13.1. The number of aliphatic hydroxyl groups is 1. The molecule has 6 heteroatoms. The summed E-state index contributed by atoms with van der Waals surface area (Å²) >= 11 is 0. The summed E-state index contributed by atoms with van der Waals surface area (Å²) in [4.78, 5) is 8.63. The molecule has 0 amide bonds. The second-order valence-corrected chi connectivity index (χ2v) is 3.83. The van der Waals surface area contributed by atoms with Gasteiger partial charge in [-0.25, -0.2) is 4.57 Å². The van der Waals surface area contributed by atoms with E-state index in [-0.39, 0.29) is 13.2 Å². The lowest BCUT2D eigenvalue weighted by atomic mass is 10.4. The fraction of sp³-hybridized carbons (Fsp3) is 1.00. The normalized spacial score (nSPS) is 10.6. The summed E-state index contributed by atoms with van der Waals surface area (Å²) in [5.74, 6) is 0. The van der Waals surface area contributed by atoms with Gasteiger partial charge in [-0.15, -0.1) is 0 Å². The highest BCUT2D eigenvalue weighted by Crippen LogP contribution is 2.42. The molecule has 0 aliphatic carbocycles. The van der Waals surface area contributed by atoms with Crippen LogP contribution in [0, 0.1) is 0 Å². The summed E-state index contributed by atoms with van der Waals surface area (Å²) < 4.78 is 19.2. The van der Waals surface area contributed by atoms with E-state index in [0.717, 1.165) is 12.8 Å². The lowest BCUT2D eigenvalue weighted by Crippen LogP contribution is -1.93. The minimum Gasteiger partial charge on any atom is -0.396 e. The van der Waals surface area contributed by atoms with E-state index in [1.165, 1.54) is 0 Å². The minimum atomic E-state index is -3.69. The molecule has 0 fully saturated rings. The number of hydrogen-bond donors (Lipinski definition) is 2. The summed E-state index contributed by atoms with van der Waals surface area (Å²) in [6, 6.07) is 0. The van der Waals surface area contributed by atoms with Crippen LogP contribution in [0.1, 0.15) is 33.6 Å². The average Bonchev–Trinajstić information content (AvgIpc) is 2.06. The van der Waals surface area contributed by atoms with Gasteiger partial charge in [0.15, 0.2) is 0 Å². The fourth-order valence-electron chi connectivity index (χ4n) is 0.522. The molecule has 0 aromatic heterocycles. The van der Waals surface area contributed by atoms with Crippen LogP contribution in [-0.2, 0) is 13.6 Å². The standard InChI is InChI=1S/C4H11O4P.C4H10O/c1-3-7-9(5,6)8-4-2;1-2-3-4-5/h3-4H2,1-2H3,(H,5,6);5H,2-4H2,1H3. The maximum Gasteiger partial charge on any atom is 0.472 e. The van der Waals surface area contributed by atoms with Crippen LogP contribution in [0.3, 0.4) is 0 Å². The number of hydrogen-bond acceptors (Lipinski definition) is 4. The first-order valence-electron chi connectivity index (χ1n) is 4.76. The summed E-state index contributed by atoms with van der Waals surface area (Å²) in [5, 5.41) is 8.07. The molecule has 0 atom stereocenters. The van der Waals surface area contributed by atoms with Crippen molar-refractivity contribution in [1.82, 2.24) is 0 Å². The first-order valence-corrected chi connectivity index (χ1v) is 6.26. The van der Waals surface area contributed by atoms with Crippen molar-refractivity contribution in [2.24, 2.45) is 0 Å². The van der Waals surface area contributed by atoms with E-state index in [4.69, 9.17) is 10.00 Å². The van der Waals surface area contributed by atoms with Gasteiger partial charge in [-0.05, 0) is 20.3 Å². The molecule has 0 spiro atoms. The Morgan fingerprint density at radius 1 is 1.14 bits per heavy atom. The predicted molar refractivity (Wildman–Crippen MR) is 55.1 cm³/mol. The maximum atomic E-state index is 10.5. The Balaban J connectivity index is 0. The third kappa shape index (κ3) is 14.6. The molecule has 0 radical (unpaired) electrons. The molecule has 14 heavy (non-hydrogen) atoms. The van der Waals surface area contributed by atoms with Gasteiger partial charge in [-0.1, -0.05) is 13.3 Å². The van der Waals surface area contributed by atoms with Crippen molar-refractivity contribution in [2.45, 2.75) is 33.6 Å². The van der Waals surface area contributed by atoms with Gasteiger partial charge in [0.05, 0.1) is 13.2 Å². The summed E-state index contributed by atoms with van der Waals surface area (Å²) in [6.45, 7) is 6.03. The SMILES string of the molecule is CCCCO.CCOP(=O)(O)OCC. The molecule has 0 rings (SSSR count). The number of rotatable bonds is 6. The second-order valence-electron chi connectivity index (χ2n) is 2.38. The first kappa shape index (κ1) is 16.5. The highest BCUT2D eigenvalue weighted by Gasteiger charge is 2.17. The van der Waals surface area contributed by atoms with Crippen LogP contribution < -0.4 is 0 Å². The fourth-order valence-corrected chi connectivity index (χ4v) is 1.25. The number of aliphatic hydroxyl groups excluding tert-OH is 1. The zero-order chi connectivity index (χ0) is 11.4. The molecule has 88 valence electrons. The zero-order valence-corrected chi connectivity index (χ0v) is 10.00. The van der Waals surface area contributed by atoms with Gasteiger partial charge in [0.2, 0.25) is 0 Å². The molecular weight excluding hydrogens is 207 g/mol. The van der Waals surface area contributed by atoms with Gasteiger partial charge in [0.1, 0.15) is 0 Å². The molecule has 5 nitrogen and oxygen atoms in total. The Morgan fingerprint density at radius 3 is 1.71 bits per heavy atom. The van der Waals surface area contributed by atoms with E-state index in [1.807, 2.05) is 0 Å². The molecule has 0 unspecified atom stereocenters. The van der Waals surface area contributed by atoms with Crippen LogP contribution in [0.15, 0.2) is 0 Å². The Hall–Kier alpha value is 0.0700. The van der Waals surface area contributed by atoms with Crippen LogP contribution in [0.5, 0.6) is 0 Å². The van der Waals surface area contributed by atoms with Gasteiger partial charge in [0, 0.05) is 6.61 Å². The Labute approximate surface area is 85.7 Å². The predicted octanol–water partition coefficient (Wildman–Crippen LogP) is 1.94. The number of phosphoric ester groups is 1. The summed E-state index contributed by atoms with van der Waals surface area (Å²) in [6.07, 6.45) is 2.04. The van der Waals surface area contributed by atoms with E-state index in [1.54, 1.807) is 13.8 Å². The van der Waals surface area contributed by atoms with E-state index in [2.05, 4.69) is 16.0 Å². The van der Waals surface area contributed by atoms with E-state index in [9.17, 15) is 4.57 Å². The van der Waals surface area contributed by atoms with Crippen molar-refractivity contribution in [2.75, 3.05) is 19.8 Å². The van der Waals surface area contributed by atoms with Crippen LogP contribution in [0.4, 0.5) is 0 Å². The quantitative estimate of drug-likeness (QED) is 0.679. The van der Waals surface area contributed by atoms with Gasteiger partial charge in [-0.3, -0.25) is 9.05 Å². The number of phosphoric acid groups is 1. The van der Waals surface area contributed by atoms with Crippen molar-refractivity contribution < 1.29 is 23.6 Å². The van der Waals surface area contributed by atoms with Gasteiger partial charge < -0.3 is 10.00 Å². The van der Waals surface area contributed by atoms with Crippen molar-refractivity contribution in [3.63, 3.8) is 0 Å². The van der Waals surface area contributed by atoms with Crippen LogP contribution in [0.2, 0.25) is 0 Å². The molecule has 2 N–H and O–H groups in total. The van der Waals surface area contributed by atoms with Crippen molar-refractivity contribution >= 4 is 7.82 Å². The Bertz CT molecular complexity index is 139. The first-order chi connectivity index (χ1) is 6.54. The van der Waals surface area contributed by atoms with Gasteiger partial charge in [-0.2, -0.15) is 0 Å². The third-order valence-electron chi connectivity index (χ3n) is 1.10.